The van der Waals surface area contributed by atoms with E-state index in [1.54, 1.807) is 30.3 Å². The number of ether oxygens (including phenoxy) is 2. The van der Waals surface area contributed by atoms with Gasteiger partial charge in [-0.25, -0.2) is 13.7 Å². The van der Waals surface area contributed by atoms with Crippen molar-refractivity contribution in [1.82, 2.24) is 0 Å². The van der Waals surface area contributed by atoms with Gasteiger partial charge in [0.15, 0.2) is 5.78 Å². The van der Waals surface area contributed by atoms with Gasteiger partial charge >= 0.3 is 23.5 Å². The van der Waals surface area contributed by atoms with Crippen LogP contribution >= 0.6 is 36.1 Å². The monoisotopic (exact) mass is 508 g/mol. The summed E-state index contributed by atoms with van der Waals surface area (Å²) in [6.07, 6.45) is -2.70. The SMILES string of the molecule is O=C(c1ccccc1)[C@H]1C[C@@H](OCS)C(COP(=O)(O)OP(=O)(O)OP(=O)(O)O)O1. The molecule has 170 valence electrons. The third-order valence-corrected chi connectivity index (χ3v) is 7.61. The summed E-state index contributed by atoms with van der Waals surface area (Å²) in [7, 11) is -16.4. The predicted molar refractivity (Wildman–Crippen MR) is 103 cm³/mol. The minimum absolute atomic E-state index is 0.0635. The molecule has 0 radical (unpaired) electrons. The number of hydrogen-bond acceptors (Lipinski definition) is 10. The Labute approximate surface area is 176 Å². The predicted octanol–water partition coefficient (Wildman–Crippen LogP) is 1.64. The molecule has 13 nitrogen and oxygen atoms in total. The first-order chi connectivity index (χ1) is 13.8. The van der Waals surface area contributed by atoms with Crippen LogP contribution < -0.4 is 0 Å². The number of phosphoric ester groups is 1. The maximum absolute atomic E-state index is 12.5. The maximum atomic E-state index is 12.5. The van der Waals surface area contributed by atoms with Crippen molar-refractivity contribution in [3.05, 3.63) is 35.9 Å². The van der Waals surface area contributed by atoms with Crippen molar-refractivity contribution in [3.8, 4) is 0 Å². The number of ketones is 1. The Morgan fingerprint density at radius 1 is 1.07 bits per heavy atom. The Balaban J connectivity index is 2.01. The molecule has 1 heterocycles. The molecule has 0 bridgehead atoms. The van der Waals surface area contributed by atoms with E-state index in [1.807, 2.05) is 0 Å². The molecule has 3 unspecified atom stereocenters. The van der Waals surface area contributed by atoms with Crippen LogP contribution in [-0.4, -0.2) is 56.2 Å². The van der Waals surface area contributed by atoms with E-state index in [4.69, 9.17) is 24.2 Å². The lowest BCUT2D eigenvalue weighted by molar-refractivity contribution is -0.0309. The van der Waals surface area contributed by atoms with Crippen LogP contribution in [0.4, 0.5) is 0 Å². The number of carbonyl (C=O) groups is 1. The molecular weight excluding hydrogens is 489 g/mol. The second kappa shape index (κ2) is 10.5. The summed E-state index contributed by atoms with van der Waals surface area (Å²) in [5, 5.41) is 0. The highest BCUT2D eigenvalue weighted by atomic mass is 32.1. The van der Waals surface area contributed by atoms with Crippen molar-refractivity contribution < 1.29 is 60.7 Å². The summed E-state index contributed by atoms with van der Waals surface area (Å²) >= 11 is 3.92. The second-order valence-corrected chi connectivity index (χ2v) is 10.5. The summed E-state index contributed by atoms with van der Waals surface area (Å²) in [5.74, 6) is -0.421. The molecule has 1 aliphatic heterocycles. The number of carbonyl (C=O) groups excluding carboxylic acids is 1. The molecule has 1 aliphatic rings. The van der Waals surface area contributed by atoms with Crippen molar-refractivity contribution in [3.63, 3.8) is 0 Å². The number of rotatable bonds is 11. The smallest absolute Gasteiger partial charge is 0.365 e. The van der Waals surface area contributed by atoms with Crippen LogP contribution in [0, 0.1) is 0 Å². The molecule has 0 saturated carbocycles. The summed E-state index contributed by atoms with van der Waals surface area (Å²) in [6, 6.07) is 8.22. The van der Waals surface area contributed by atoms with E-state index in [0.29, 0.717) is 5.56 Å². The number of phosphoric acid groups is 3. The molecule has 1 aromatic rings. The third kappa shape index (κ3) is 8.25. The van der Waals surface area contributed by atoms with Crippen LogP contribution in [0.3, 0.4) is 0 Å². The summed E-state index contributed by atoms with van der Waals surface area (Å²) in [5.41, 5.74) is 0.376. The van der Waals surface area contributed by atoms with E-state index in [9.17, 15) is 23.4 Å². The van der Waals surface area contributed by atoms with Gasteiger partial charge in [-0.3, -0.25) is 9.32 Å². The molecule has 0 aliphatic carbocycles. The number of thiol groups is 1. The number of benzene rings is 1. The zero-order valence-corrected chi connectivity index (χ0v) is 18.6. The molecule has 0 spiro atoms. The fourth-order valence-electron chi connectivity index (χ4n) is 2.56. The standard InChI is InChI=1S/C13H19O13P3S/c14-13(9-4-2-1-3-5-9)11-6-10(22-8-30)12(24-11)7-23-28(18,19)26-29(20,21)25-27(15,16)17/h1-5,10-12,30H,6-8H2,(H,18,19)(H,20,21)(H2,15,16,17)/t10-,11-,12?/m1/s1. The first-order valence-corrected chi connectivity index (χ1v) is 13.2. The molecule has 1 fully saturated rings. The molecular formula is C13H19O13P3S. The highest BCUT2D eigenvalue weighted by Gasteiger charge is 2.44. The van der Waals surface area contributed by atoms with E-state index in [0.717, 1.165) is 0 Å². The largest absolute Gasteiger partial charge is 0.490 e. The Kier molecular flexibility index (Phi) is 9.00. The van der Waals surface area contributed by atoms with Crippen LogP contribution in [0.25, 0.3) is 0 Å². The first-order valence-electron chi connectivity index (χ1n) is 8.07. The third-order valence-electron chi connectivity index (χ3n) is 3.66. The highest BCUT2D eigenvalue weighted by Crippen LogP contribution is 2.66. The summed E-state index contributed by atoms with van der Waals surface area (Å²) in [4.78, 5) is 48.2. The van der Waals surface area contributed by atoms with Gasteiger partial charge in [0, 0.05) is 12.0 Å². The van der Waals surface area contributed by atoms with Gasteiger partial charge in [-0.2, -0.15) is 21.3 Å². The fraction of sp³-hybridized carbons (Fsp3) is 0.462. The normalized spacial score (nSPS) is 26.1. The van der Waals surface area contributed by atoms with Gasteiger partial charge in [0.2, 0.25) is 0 Å². The van der Waals surface area contributed by atoms with E-state index in [2.05, 4.69) is 25.8 Å². The molecule has 2 rings (SSSR count). The van der Waals surface area contributed by atoms with Crippen LogP contribution in [0.1, 0.15) is 16.8 Å². The van der Waals surface area contributed by atoms with E-state index < -0.39 is 48.4 Å². The lowest BCUT2D eigenvalue weighted by Crippen LogP contribution is -2.29. The minimum Gasteiger partial charge on any atom is -0.365 e. The van der Waals surface area contributed by atoms with E-state index >= 15 is 0 Å². The van der Waals surface area contributed by atoms with Gasteiger partial charge in [0.1, 0.15) is 12.2 Å². The van der Waals surface area contributed by atoms with Gasteiger partial charge < -0.3 is 29.0 Å². The highest BCUT2D eigenvalue weighted by molar-refractivity contribution is 7.80. The van der Waals surface area contributed by atoms with Crippen LogP contribution in [0.15, 0.2) is 30.3 Å². The fourth-order valence-corrected chi connectivity index (χ4v) is 5.78. The zero-order valence-electron chi connectivity index (χ0n) is 15.0. The van der Waals surface area contributed by atoms with Gasteiger partial charge in [-0.15, -0.1) is 0 Å². The van der Waals surface area contributed by atoms with Gasteiger partial charge in [0.25, 0.3) is 0 Å². The molecule has 17 heteroatoms. The lowest BCUT2D eigenvalue weighted by atomic mass is 10.0. The maximum Gasteiger partial charge on any atom is 0.490 e. The van der Waals surface area contributed by atoms with Gasteiger partial charge in [-0.1, -0.05) is 30.3 Å². The van der Waals surface area contributed by atoms with Crippen LogP contribution in [0.2, 0.25) is 0 Å². The summed E-state index contributed by atoms with van der Waals surface area (Å²) in [6.45, 7) is -0.722. The zero-order chi connectivity index (χ0) is 22.6. The Hall–Kier alpha value is -0.430. The van der Waals surface area contributed by atoms with Crippen LogP contribution in [0.5, 0.6) is 0 Å². The molecule has 4 N–H and O–H groups in total. The van der Waals surface area contributed by atoms with Crippen molar-refractivity contribution in [2.75, 3.05) is 12.5 Å². The molecule has 0 amide bonds. The molecule has 1 aromatic carbocycles. The number of Topliss-reactive ketones (excluding diaryl/α,β-unsaturated/α-hetero) is 1. The average molecular weight is 508 g/mol. The lowest BCUT2D eigenvalue weighted by Gasteiger charge is -2.20. The molecule has 5 atom stereocenters. The van der Waals surface area contributed by atoms with Crippen molar-refractivity contribution in [1.29, 1.82) is 0 Å². The van der Waals surface area contributed by atoms with E-state index in [-0.39, 0.29) is 18.1 Å². The van der Waals surface area contributed by atoms with Crippen LogP contribution in [-0.2, 0) is 36.3 Å². The Bertz CT molecular complexity index is 874. The average Bonchev–Trinajstić information content (AvgIpc) is 3.00. The van der Waals surface area contributed by atoms with Gasteiger partial charge in [-0.05, 0) is 0 Å². The topological polar surface area (TPSA) is 195 Å². The van der Waals surface area contributed by atoms with Crippen molar-refractivity contribution >= 4 is 41.9 Å². The molecule has 1 saturated heterocycles. The van der Waals surface area contributed by atoms with E-state index in [1.165, 1.54) is 0 Å². The molecule has 0 aromatic heterocycles. The first kappa shape index (κ1) is 25.8. The quantitative estimate of drug-likeness (QED) is 0.125. The minimum atomic E-state index is -5.63. The summed E-state index contributed by atoms with van der Waals surface area (Å²) < 4.78 is 56.5. The van der Waals surface area contributed by atoms with Crippen molar-refractivity contribution in [2.24, 2.45) is 0 Å². The Morgan fingerprint density at radius 2 is 1.70 bits per heavy atom. The number of hydrogen-bond donors (Lipinski definition) is 5. The van der Waals surface area contributed by atoms with Gasteiger partial charge in [0.05, 0.1) is 18.6 Å². The van der Waals surface area contributed by atoms with Crippen molar-refractivity contribution in [2.45, 2.75) is 24.7 Å². The molecule has 30 heavy (non-hydrogen) atoms. The second-order valence-electron chi connectivity index (χ2n) is 5.85. The Morgan fingerprint density at radius 3 is 2.27 bits per heavy atom.